The lowest BCUT2D eigenvalue weighted by Crippen LogP contribution is -2.30. The van der Waals surface area contributed by atoms with Crippen molar-refractivity contribution in [3.63, 3.8) is 0 Å². The molecule has 4 heterocycles. The van der Waals surface area contributed by atoms with Gasteiger partial charge in [0.25, 0.3) is 0 Å². The molecule has 5 rings (SSSR count). The van der Waals surface area contributed by atoms with Gasteiger partial charge in [-0.3, -0.25) is 9.97 Å². The highest BCUT2D eigenvalue weighted by Gasteiger charge is 2.42. The molecule has 6 nitrogen and oxygen atoms in total. The molecule has 0 amide bonds. The molecule has 1 N–H and O–H groups in total. The summed E-state index contributed by atoms with van der Waals surface area (Å²) >= 11 is 5.84. The fourth-order valence-corrected chi connectivity index (χ4v) is 4.65. The molecule has 1 fully saturated rings. The fourth-order valence-electron chi connectivity index (χ4n) is 4.31. The van der Waals surface area contributed by atoms with E-state index in [4.69, 9.17) is 17.0 Å². The minimum Gasteiger partial charge on any atom is -0.494 e. The van der Waals surface area contributed by atoms with Crippen LogP contribution < -0.4 is 15.0 Å². The molecule has 0 aliphatic carbocycles. The predicted molar refractivity (Wildman–Crippen MR) is 133 cm³/mol. The lowest BCUT2D eigenvalue weighted by atomic mass is 10.0. The first-order valence-corrected chi connectivity index (χ1v) is 11.4. The average molecular weight is 456 g/mol. The van der Waals surface area contributed by atoms with Crippen LogP contribution in [-0.2, 0) is 6.54 Å². The summed E-state index contributed by atoms with van der Waals surface area (Å²) in [5.74, 6) is 0.843. The first-order valence-electron chi connectivity index (χ1n) is 11.0. The highest BCUT2D eigenvalue weighted by molar-refractivity contribution is 7.80. The Bertz CT molecular complexity index is 1210. The smallest absolute Gasteiger partial charge is 0.174 e. The third-order valence-electron chi connectivity index (χ3n) is 5.75. The van der Waals surface area contributed by atoms with Crippen molar-refractivity contribution in [2.45, 2.75) is 25.6 Å². The minimum atomic E-state index is -0.0948. The maximum Gasteiger partial charge on any atom is 0.174 e. The molecule has 2 atom stereocenters. The van der Waals surface area contributed by atoms with E-state index in [-0.39, 0.29) is 12.1 Å². The maximum atomic E-state index is 5.84. The van der Waals surface area contributed by atoms with E-state index in [1.165, 1.54) is 0 Å². The van der Waals surface area contributed by atoms with Gasteiger partial charge in [0, 0.05) is 30.0 Å². The van der Waals surface area contributed by atoms with Crippen LogP contribution in [0.5, 0.6) is 5.75 Å². The van der Waals surface area contributed by atoms with Crippen LogP contribution in [-0.4, -0.2) is 26.3 Å². The molecule has 1 saturated heterocycles. The SMILES string of the molecule is CCOc1ccc(N2C(=S)N[C@H](c3ccccn3)[C@H]2c2cccn2Cc2ccccn2)cc1. The van der Waals surface area contributed by atoms with Crippen molar-refractivity contribution in [3.05, 3.63) is 108 Å². The van der Waals surface area contributed by atoms with Gasteiger partial charge in [0.1, 0.15) is 11.8 Å². The van der Waals surface area contributed by atoms with Crippen LogP contribution in [0, 0.1) is 0 Å². The molecule has 33 heavy (non-hydrogen) atoms. The summed E-state index contributed by atoms with van der Waals surface area (Å²) < 4.78 is 7.87. The van der Waals surface area contributed by atoms with Crippen molar-refractivity contribution in [1.82, 2.24) is 19.9 Å². The zero-order valence-electron chi connectivity index (χ0n) is 18.3. The number of ether oxygens (including phenoxy) is 1. The number of aromatic nitrogens is 3. The van der Waals surface area contributed by atoms with Gasteiger partial charge in [-0.05, 0) is 79.8 Å². The number of hydrogen-bond donors (Lipinski definition) is 1. The molecule has 0 radical (unpaired) electrons. The Morgan fingerprint density at radius 1 is 0.939 bits per heavy atom. The molecule has 1 aliphatic heterocycles. The second-order valence-corrected chi connectivity index (χ2v) is 8.19. The Kier molecular flexibility index (Phi) is 6.04. The highest BCUT2D eigenvalue weighted by Crippen LogP contribution is 2.42. The Hall–Kier alpha value is -3.71. The summed E-state index contributed by atoms with van der Waals surface area (Å²) in [5, 5.41) is 4.19. The maximum absolute atomic E-state index is 5.84. The number of thiocarbonyl (C=S) groups is 1. The average Bonchev–Trinajstić information content (AvgIpc) is 3.44. The Balaban J connectivity index is 1.56. The van der Waals surface area contributed by atoms with Gasteiger partial charge in [-0.15, -0.1) is 0 Å². The molecule has 0 spiro atoms. The second-order valence-electron chi connectivity index (χ2n) is 7.81. The molecule has 166 valence electrons. The molecular formula is C26H25N5OS. The van der Waals surface area contributed by atoms with Gasteiger partial charge in [-0.1, -0.05) is 12.1 Å². The van der Waals surface area contributed by atoms with Gasteiger partial charge >= 0.3 is 0 Å². The summed E-state index contributed by atoms with van der Waals surface area (Å²) in [6, 6.07) is 24.1. The van der Waals surface area contributed by atoms with Gasteiger partial charge in [0.15, 0.2) is 5.11 Å². The third kappa shape index (κ3) is 4.32. The van der Waals surface area contributed by atoms with Gasteiger partial charge in [0.2, 0.25) is 0 Å². The van der Waals surface area contributed by atoms with Crippen LogP contribution in [0.3, 0.4) is 0 Å². The third-order valence-corrected chi connectivity index (χ3v) is 6.06. The predicted octanol–water partition coefficient (Wildman–Crippen LogP) is 4.90. The molecule has 1 aliphatic rings. The van der Waals surface area contributed by atoms with Crippen molar-refractivity contribution >= 4 is 23.0 Å². The van der Waals surface area contributed by atoms with Crippen LogP contribution in [0.1, 0.15) is 36.1 Å². The topological polar surface area (TPSA) is 55.2 Å². The number of rotatable bonds is 7. The number of nitrogens with zero attached hydrogens (tertiary/aromatic N) is 4. The van der Waals surface area contributed by atoms with Crippen molar-refractivity contribution < 1.29 is 4.74 Å². The Morgan fingerprint density at radius 2 is 1.73 bits per heavy atom. The molecule has 0 saturated carbocycles. The van der Waals surface area contributed by atoms with E-state index in [0.29, 0.717) is 18.3 Å². The molecule has 0 unspecified atom stereocenters. The summed E-state index contributed by atoms with van der Waals surface area (Å²) in [5.41, 5.74) is 4.09. The molecule has 3 aromatic heterocycles. The van der Waals surface area contributed by atoms with Crippen LogP contribution in [0.4, 0.5) is 5.69 Å². The molecule has 7 heteroatoms. The van der Waals surface area contributed by atoms with Crippen LogP contribution >= 0.6 is 12.2 Å². The summed E-state index contributed by atoms with van der Waals surface area (Å²) in [4.78, 5) is 11.3. The zero-order valence-corrected chi connectivity index (χ0v) is 19.2. The standard InChI is InChI=1S/C26H25N5OS/c1-2-32-21-13-11-20(12-14-21)31-25(24(29-26(31)33)22-9-4-6-16-28-22)23-10-7-17-30(23)18-19-8-3-5-15-27-19/h3-17,24-25H,2,18H2,1H3,(H,29,33)/t24-,25-/m1/s1. The number of hydrogen-bond acceptors (Lipinski definition) is 4. The van der Waals surface area contributed by atoms with E-state index in [0.717, 1.165) is 28.5 Å². The zero-order chi connectivity index (χ0) is 22.6. The molecule has 1 aromatic carbocycles. The van der Waals surface area contributed by atoms with Crippen LogP contribution in [0.2, 0.25) is 0 Å². The number of nitrogens with one attached hydrogen (secondary N) is 1. The van der Waals surface area contributed by atoms with Gasteiger partial charge < -0.3 is 19.5 Å². The van der Waals surface area contributed by atoms with Crippen molar-refractivity contribution in [2.75, 3.05) is 11.5 Å². The monoisotopic (exact) mass is 455 g/mol. The number of pyridine rings is 2. The van der Waals surface area contributed by atoms with E-state index in [2.05, 4.69) is 55.2 Å². The van der Waals surface area contributed by atoms with E-state index in [9.17, 15) is 0 Å². The van der Waals surface area contributed by atoms with Crippen LogP contribution in [0.25, 0.3) is 0 Å². The second kappa shape index (κ2) is 9.42. The van der Waals surface area contributed by atoms with Gasteiger partial charge in [0.05, 0.1) is 30.6 Å². The molecule has 4 aromatic rings. The van der Waals surface area contributed by atoms with Gasteiger partial charge in [-0.25, -0.2) is 0 Å². The fraction of sp³-hybridized carbons (Fsp3) is 0.192. The quantitative estimate of drug-likeness (QED) is 0.400. The number of anilines is 1. The first kappa shape index (κ1) is 21.2. The lowest BCUT2D eigenvalue weighted by Gasteiger charge is -2.29. The largest absolute Gasteiger partial charge is 0.494 e. The van der Waals surface area contributed by atoms with E-state index >= 15 is 0 Å². The minimum absolute atomic E-state index is 0.0796. The summed E-state index contributed by atoms with van der Waals surface area (Å²) in [7, 11) is 0. The summed E-state index contributed by atoms with van der Waals surface area (Å²) in [6.07, 6.45) is 5.74. The molecule has 0 bridgehead atoms. The first-order chi connectivity index (χ1) is 16.2. The summed E-state index contributed by atoms with van der Waals surface area (Å²) in [6.45, 7) is 3.30. The van der Waals surface area contributed by atoms with E-state index < -0.39 is 0 Å². The Morgan fingerprint density at radius 3 is 2.42 bits per heavy atom. The van der Waals surface area contributed by atoms with Crippen molar-refractivity contribution in [1.29, 1.82) is 0 Å². The van der Waals surface area contributed by atoms with Crippen LogP contribution in [0.15, 0.2) is 91.4 Å². The van der Waals surface area contributed by atoms with Gasteiger partial charge in [-0.2, -0.15) is 0 Å². The normalized spacial score (nSPS) is 17.7. The Labute approximate surface area is 198 Å². The highest BCUT2D eigenvalue weighted by atomic mass is 32.1. The van der Waals surface area contributed by atoms with Crippen molar-refractivity contribution in [3.8, 4) is 5.75 Å². The van der Waals surface area contributed by atoms with E-state index in [1.54, 1.807) is 0 Å². The molecular weight excluding hydrogens is 430 g/mol. The lowest BCUT2D eigenvalue weighted by molar-refractivity contribution is 0.340. The van der Waals surface area contributed by atoms with E-state index in [1.807, 2.05) is 67.8 Å². The van der Waals surface area contributed by atoms with Crippen molar-refractivity contribution in [2.24, 2.45) is 0 Å². The number of benzene rings is 1.